The molecule has 3 heterocycles. The quantitative estimate of drug-likeness (QED) is 0.716. The summed E-state index contributed by atoms with van der Waals surface area (Å²) in [5.41, 5.74) is 1.49. The van der Waals surface area contributed by atoms with Crippen LogP contribution in [0.2, 0.25) is 0 Å². The Kier molecular flexibility index (Phi) is 2.38. The van der Waals surface area contributed by atoms with Gasteiger partial charge >= 0.3 is 0 Å². The maximum absolute atomic E-state index is 5.97. The first-order chi connectivity index (χ1) is 10.1. The Bertz CT molecular complexity index is 827. The zero-order chi connectivity index (χ0) is 14.4. The van der Waals surface area contributed by atoms with Crippen LogP contribution in [0.5, 0.6) is 17.4 Å². The average molecular weight is 283 g/mol. The van der Waals surface area contributed by atoms with Gasteiger partial charge < -0.3 is 9.47 Å². The third-order valence-electron chi connectivity index (χ3n) is 3.31. The van der Waals surface area contributed by atoms with Crippen molar-refractivity contribution in [3.8, 4) is 17.4 Å². The van der Waals surface area contributed by atoms with Crippen molar-refractivity contribution in [2.24, 2.45) is 0 Å². The van der Waals surface area contributed by atoms with Gasteiger partial charge in [0.2, 0.25) is 5.88 Å². The summed E-state index contributed by atoms with van der Waals surface area (Å²) in [5.74, 6) is 1.84. The zero-order valence-electron chi connectivity index (χ0n) is 11.6. The average Bonchev–Trinajstić information content (AvgIpc) is 3.01. The fraction of sp³-hybridized carbons (Fsp3) is 0.286. The second-order valence-electron chi connectivity index (χ2n) is 5.58. The van der Waals surface area contributed by atoms with Crippen LogP contribution in [0.1, 0.15) is 19.4 Å². The van der Waals surface area contributed by atoms with Crippen LogP contribution in [0.25, 0.3) is 5.65 Å². The summed E-state index contributed by atoms with van der Waals surface area (Å²) in [4.78, 5) is 0. The first-order valence-corrected chi connectivity index (χ1v) is 6.65. The fourth-order valence-corrected chi connectivity index (χ4v) is 2.47. The van der Waals surface area contributed by atoms with Crippen molar-refractivity contribution in [2.75, 3.05) is 0 Å². The molecular weight excluding hydrogens is 270 g/mol. The lowest BCUT2D eigenvalue weighted by molar-refractivity contribution is 0.135. The standard InChI is InChI=1S/C14H13N5O2/c1-14(2)8-9-4-3-5-10(13(9)21-14)20-12-7-6-11-15-17-18-19(11)16-12/h3-7H,8H2,1-2H3. The monoisotopic (exact) mass is 283 g/mol. The predicted molar refractivity (Wildman–Crippen MR) is 73.5 cm³/mol. The molecule has 0 saturated heterocycles. The number of nitrogens with zero attached hydrogens (tertiary/aromatic N) is 5. The van der Waals surface area contributed by atoms with E-state index in [4.69, 9.17) is 9.47 Å². The summed E-state index contributed by atoms with van der Waals surface area (Å²) >= 11 is 0. The molecule has 0 atom stereocenters. The van der Waals surface area contributed by atoms with Gasteiger partial charge in [-0.05, 0) is 36.4 Å². The van der Waals surface area contributed by atoms with Gasteiger partial charge in [0.15, 0.2) is 17.1 Å². The molecule has 0 unspecified atom stereocenters. The van der Waals surface area contributed by atoms with E-state index in [9.17, 15) is 0 Å². The summed E-state index contributed by atoms with van der Waals surface area (Å²) < 4.78 is 13.1. The van der Waals surface area contributed by atoms with Gasteiger partial charge in [0.05, 0.1) is 0 Å². The highest BCUT2D eigenvalue weighted by Crippen LogP contribution is 2.42. The minimum absolute atomic E-state index is 0.213. The molecule has 0 spiro atoms. The molecule has 0 amide bonds. The highest BCUT2D eigenvalue weighted by Gasteiger charge is 2.32. The van der Waals surface area contributed by atoms with E-state index in [-0.39, 0.29) is 5.60 Å². The first-order valence-electron chi connectivity index (χ1n) is 6.65. The predicted octanol–water partition coefficient (Wildman–Crippen LogP) is 2.03. The molecule has 1 aliphatic rings. The smallest absolute Gasteiger partial charge is 0.239 e. The van der Waals surface area contributed by atoms with E-state index in [1.807, 2.05) is 12.1 Å². The van der Waals surface area contributed by atoms with E-state index in [0.717, 1.165) is 17.7 Å². The van der Waals surface area contributed by atoms with Gasteiger partial charge in [0.25, 0.3) is 0 Å². The molecule has 0 bridgehead atoms. The first kappa shape index (κ1) is 12.1. The Balaban J connectivity index is 1.71. The fourth-order valence-electron chi connectivity index (χ4n) is 2.47. The van der Waals surface area contributed by atoms with Gasteiger partial charge in [-0.15, -0.1) is 14.8 Å². The minimum atomic E-state index is -0.213. The molecule has 0 N–H and O–H groups in total. The molecule has 0 radical (unpaired) electrons. The number of hydrogen-bond acceptors (Lipinski definition) is 6. The van der Waals surface area contributed by atoms with Gasteiger partial charge in [0.1, 0.15) is 5.60 Å². The van der Waals surface area contributed by atoms with E-state index in [0.29, 0.717) is 17.3 Å². The van der Waals surface area contributed by atoms with E-state index in [1.54, 1.807) is 12.1 Å². The number of ether oxygens (including phenoxy) is 2. The number of fused-ring (bicyclic) bond motifs is 2. The van der Waals surface area contributed by atoms with E-state index < -0.39 is 0 Å². The molecule has 7 nitrogen and oxygen atoms in total. The topological polar surface area (TPSA) is 74.4 Å². The van der Waals surface area contributed by atoms with Crippen LogP contribution in [0.15, 0.2) is 30.3 Å². The number of tetrazole rings is 1. The Labute approximate surface area is 120 Å². The van der Waals surface area contributed by atoms with Gasteiger partial charge in [0, 0.05) is 18.1 Å². The molecule has 0 aliphatic carbocycles. The molecule has 106 valence electrons. The third kappa shape index (κ3) is 2.06. The summed E-state index contributed by atoms with van der Waals surface area (Å²) in [6.07, 6.45) is 0.860. The van der Waals surface area contributed by atoms with Crippen LogP contribution in [0.4, 0.5) is 0 Å². The van der Waals surface area contributed by atoms with Crippen LogP contribution in [-0.2, 0) is 6.42 Å². The normalized spacial score (nSPS) is 15.7. The van der Waals surface area contributed by atoms with Crippen LogP contribution < -0.4 is 9.47 Å². The van der Waals surface area contributed by atoms with Gasteiger partial charge in [-0.25, -0.2) is 0 Å². The van der Waals surface area contributed by atoms with Crippen LogP contribution in [0.3, 0.4) is 0 Å². The zero-order valence-corrected chi connectivity index (χ0v) is 11.6. The molecular formula is C14H13N5O2. The highest BCUT2D eigenvalue weighted by atomic mass is 16.5. The van der Waals surface area contributed by atoms with E-state index >= 15 is 0 Å². The van der Waals surface area contributed by atoms with Crippen LogP contribution >= 0.6 is 0 Å². The van der Waals surface area contributed by atoms with Crippen molar-refractivity contribution < 1.29 is 9.47 Å². The second-order valence-corrected chi connectivity index (χ2v) is 5.58. The van der Waals surface area contributed by atoms with Crippen molar-refractivity contribution in [3.05, 3.63) is 35.9 Å². The lowest BCUT2D eigenvalue weighted by Crippen LogP contribution is -2.24. The lowest BCUT2D eigenvalue weighted by atomic mass is 10.0. The number of aromatic nitrogens is 5. The highest BCUT2D eigenvalue weighted by molar-refractivity contribution is 5.51. The molecule has 0 saturated carbocycles. The minimum Gasteiger partial charge on any atom is -0.483 e. The molecule has 2 aromatic heterocycles. The molecule has 0 fully saturated rings. The molecule has 4 rings (SSSR count). The Morgan fingerprint density at radius 1 is 1.24 bits per heavy atom. The molecule has 3 aromatic rings. The maximum atomic E-state index is 5.97. The Hall–Kier alpha value is -2.70. The van der Waals surface area contributed by atoms with Gasteiger partial charge in [-0.3, -0.25) is 0 Å². The molecule has 21 heavy (non-hydrogen) atoms. The SMILES string of the molecule is CC1(C)Cc2cccc(Oc3ccc4nnnn4n3)c2O1. The summed E-state index contributed by atoms with van der Waals surface area (Å²) in [7, 11) is 0. The summed E-state index contributed by atoms with van der Waals surface area (Å²) in [6.45, 7) is 4.12. The number of rotatable bonds is 2. The van der Waals surface area contributed by atoms with Crippen LogP contribution in [0, 0.1) is 0 Å². The van der Waals surface area contributed by atoms with Crippen molar-refractivity contribution >= 4 is 5.65 Å². The number of benzene rings is 1. The van der Waals surface area contributed by atoms with Gasteiger partial charge in [-0.1, -0.05) is 12.1 Å². The van der Waals surface area contributed by atoms with E-state index in [1.165, 1.54) is 4.63 Å². The lowest BCUT2D eigenvalue weighted by Gasteiger charge is -2.18. The Morgan fingerprint density at radius 3 is 3.05 bits per heavy atom. The Morgan fingerprint density at radius 2 is 2.14 bits per heavy atom. The van der Waals surface area contributed by atoms with Gasteiger partial charge in [-0.2, -0.15) is 0 Å². The van der Waals surface area contributed by atoms with Crippen molar-refractivity contribution in [1.29, 1.82) is 0 Å². The molecule has 1 aliphatic heterocycles. The maximum Gasteiger partial charge on any atom is 0.239 e. The second kappa shape index (κ2) is 4.15. The van der Waals surface area contributed by atoms with Crippen molar-refractivity contribution in [2.45, 2.75) is 25.9 Å². The van der Waals surface area contributed by atoms with E-state index in [2.05, 4.69) is 40.5 Å². The van der Waals surface area contributed by atoms with Crippen molar-refractivity contribution in [3.63, 3.8) is 0 Å². The van der Waals surface area contributed by atoms with Crippen LogP contribution in [-0.4, -0.2) is 30.9 Å². The molecule has 7 heteroatoms. The molecule has 1 aromatic carbocycles. The number of hydrogen-bond donors (Lipinski definition) is 0. The summed E-state index contributed by atoms with van der Waals surface area (Å²) in [6, 6.07) is 9.34. The largest absolute Gasteiger partial charge is 0.483 e. The van der Waals surface area contributed by atoms with Crippen molar-refractivity contribution in [1.82, 2.24) is 25.3 Å². The third-order valence-corrected chi connectivity index (χ3v) is 3.31. The number of para-hydroxylation sites is 1. The summed E-state index contributed by atoms with van der Waals surface area (Å²) in [5, 5.41) is 15.3.